The average Bonchev–Trinajstić information content (AvgIpc) is 2.97. The summed E-state index contributed by atoms with van der Waals surface area (Å²) in [4.78, 5) is 12.7. The van der Waals surface area contributed by atoms with E-state index in [1.807, 2.05) is 61.5 Å². The molecule has 4 aromatic rings. The second-order valence-electron chi connectivity index (χ2n) is 8.69. The van der Waals surface area contributed by atoms with E-state index in [9.17, 15) is 10.1 Å². The Morgan fingerprint density at radius 2 is 1.56 bits per heavy atom. The standard InChI is InChI=1S/C32H25Br2ClN2O4/c1-2-39-30-17-22(12-13-29(30)40-19-21-8-4-3-5-9-21)20-41-31-25(33)15-23(16-26(31)34)14-24(18-36)32(38)37-28-11-7-6-10-27(28)35/h3-17H,2,19-20H2,1H3,(H,37,38)/b24-14+. The van der Waals surface area contributed by atoms with Crippen molar-refractivity contribution in [2.45, 2.75) is 20.1 Å². The zero-order valence-corrected chi connectivity index (χ0v) is 25.9. The van der Waals surface area contributed by atoms with Crippen molar-refractivity contribution in [3.8, 4) is 23.3 Å². The highest BCUT2D eigenvalue weighted by Gasteiger charge is 2.15. The van der Waals surface area contributed by atoms with Gasteiger partial charge in [0.25, 0.3) is 5.91 Å². The minimum absolute atomic E-state index is 0.0737. The van der Waals surface area contributed by atoms with Gasteiger partial charge >= 0.3 is 0 Å². The number of amides is 1. The third-order valence-corrected chi connectivity index (χ3v) is 7.25. The van der Waals surface area contributed by atoms with Gasteiger partial charge in [-0.05, 0) is 97.9 Å². The van der Waals surface area contributed by atoms with Gasteiger partial charge in [-0.3, -0.25) is 4.79 Å². The minimum Gasteiger partial charge on any atom is -0.490 e. The molecule has 0 aliphatic heterocycles. The Bertz CT molecular complexity index is 1580. The fraction of sp³-hybridized carbons (Fsp3) is 0.125. The van der Waals surface area contributed by atoms with E-state index in [4.69, 9.17) is 25.8 Å². The maximum Gasteiger partial charge on any atom is 0.266 e. The van der Waals surface area contributed by atoms with Gasteiger partial charge < -0.3 is 19.5 Å². The molecule has 1 amide bonds. The van der Waals surface area contributed by atoms with Crippen molar-refractivity contribution in [1.82, 2.24) is 0 Å². The van der Waals surface area contributed by atoms with Crippen LogP contribution in [0.3, 0.4) is 0 Å². The third-order valence-electron chi connectivity index (χ3n) is 5.75. The summed E-state index contributed by atoms with van der Waals surface area (Å²) in [5, 5.41) is 12.6. The average molecular weight is 697 g/mol. The van der Waals surface area contributed by atoms with E-state index in [0.717, 1.165) is 11.1 Å². The number of nitrogens with one attached hydrogen (secondary N) is 1. The molecule has 0 fully saturated rings. The largest absolute Gasteiger partial charge is 0.490 e. The highest BCUT2D eigenvalue weighted by Crippen LogP contribution is 2.37. The van der Waals surface area contributed by atoms with E-state index in [1.54, 1.807) is 36.4 Å². The van der Waals surface area contributed by atoms with Crippen molar-refractivity contribution in [2.75, 3.05) is 11.9 Å². The lowest BCUT2D eigenvalue weighted by molar-refractivity contribution is -0.112. The number of nitrogens with zero attached hydrogens (tertiary/aromatic N) is 1. The molecule has 0 aromatic heterocycles. The van der Waals surface area contributed by atoms with Crippen molar-refractivity contribution in [3.05, 3.63) is 121 Å². The maximum atomic E-state index is 12.7. The van der Waals surface area contributed by atoms with Gasteiger partial charge in [0.15, 0.2) is 11.5 Å². The van der Waals surface area contributed by atoms with Crippen molar-refractivity contribution in [3.63, 3.8) is 0 Å². The quantitative estimate of drug-likeness (QED) is 0.125. The van der Waals surface area contributed by atoms with Crippen LogP contribution in [0.5, 0.6) is 17.2 Å². The van der Waals surface area contributed by atoms with Gasteiger partial charge in [-0.15, -0.1) is 0 Å². The van der Waals surface area contributed by atoms with Gasteiger partial charge in [0.05, 0.1) is 26.3 Å². The third kappa shape index (κ3) is 8.37. The van der Waals surface area contributed by atoms with E-state index in [1.165, 1.54) is 6.08 Å². The first kappa shape index (κ1) is 30.2. The van der Waals surface area contributed by atoms with Crippen molar-refractivity contribution in [1.29, 1.82) is 5.26 Å². The molecule has 0 bridgehead atoms. The molecular formula is C32H25Br2ClN2O4. The molecule has 9 heteroatoms. The van der Waals surface area contributed by atoms with Crippen LogP contribution in [0.1, 0.15) is 23.6 Å². The van der Waals surface area contributed by atoms with Crippen LogP contribution < -0.4 is 19.5 Å². The summed E-state index contributed by atoms with van der Waals surface area (Å²) in [5.41, 5.74) is 2.94. The monoisotopic (exact) mass is 694 g/mol. The fourth-order valence-corrected chi connectivity index (χ4v) is 5.42. The van der Waals surface area contributed by atoms with Gasteiger partial charge in [0.2, 0.25) is 0 Å². The van der Waals surface area contributed by atoms with Crippen LogP contribution in [0.4, 0.5) is 5.69 Å². The summed E-state index contributed by atoms with van der Waals surface area (Å²) >= 11 is 13.2. The topological polar surface area (TPSA) is 80.6 Å². The predicted molar refractivity (Wildman–Crippen MR) is 168 cm³/mol. The van der Waals surface area contributed by atoms with Crippen LogP contribution in [0.15, 0.2) is 99.4 Å². The summed E-state index contributed by atoms with van der Waals surface area (Å²) in [6, 6.07) is 28.0. The van der Waals surface area contributed by atoms with E-state index in [-0.39, 0.29) is 12.2 Å². The van der Waals surface area contributed by atoms with Gasteiger partial charge in [-0.1, -0.05) is 60.1 Å². The molecule has 6 nitrogen and oxygen atoms in total. The molecule has 0 aliphatic carbocycles. The number of benzene rings is 4. The number of ether oxygens (including phenoxy) is 3. The van der Waals surface area contributed by atoms with Gasteiger partial charge in [-0.2, -0.15) is 5.26 Å². The molecule has 0 heterocycles. The first-order chi connectivity index (χ1) is 19.9. The highest BCUT2D eigenvalue weighted by molar-refractivity contribution is 9.11. The molecular weight excluding hydrogens is 672 g/mol. The Balaban J connectivity index is 1.45. The number of rotatable bonds is 11. The number of hydrogen-bond donors (Lipinski definition) is 1. The number of halogens is 3. The molecule has 0 unspecified atom stereocenters. The molecule has 4 aromatic carbocycles. The van der Waals surface area contributed by atoms with Crippen molar-refractivity contribution < 1.29 is 19.0 Å². The van der Waals surface area contributed by atoms with Crippen LogP contribution in [-0.2, 0) is 18.0 Å². The van der Waals surface area contributed by atoms with E-state index in [2.05, 4.69) is 37.2 Å². The van der Waals surface area contributed by atoms with Gasteiger partial charge in [0, 0.05) is 0 Å². The van der Waals surface area contributed by atoms with Crippen LogP contribution in [0, 0.1) is 11.3 Å². The molecule has 0 radical (unpaired) electrons. The van der Waals surface area contributed by atoms with Crippen LogP contribution in [0.25, 0.3) is 6.08 Å². The summed E-state index contributed by atoms with van der Waals surface area (Å²) in [6.45, 7) is 3.13. The van der Waals surface area contributed by atoms with E-state index >= 15 is 0 Å². The summed E-state index contributed by atoms with van der Waals surface area (Å²) in [6.07, 6.45) is 1.49. The van der Waals surface area contributed by atoms with E-state index in [0.29, 0.717) is 55.7 Å². The second-order valence-corrected chi connectivity index (χ2v) is 10.8. The summed E-state index contributed by atoms with van der Waals surface area (Å²) in [5.74, 6) is 1.31. The SMILES string of the molecule is CCOc1cc(COc2c(Br)cc(/C=C(\C#N)C(=O)Nc3ccccc3Cl)cc2Br)ccc1OCc1ccccc1. The zero-order valence-electron chi connectivity index (χ0n) is 22.0. The number of carbonyl (C=O) groups is 1. The molecule has 0 saturated heterocycles. The first-order valence-electron chi connectivity index (χ1n) is 12.6. The number of hydrogen-bond acceptors (Lipinski definition) is 5. The highest BCUT2D eigenvalue weighted by atomic mass is 79.9. The molecule has 0 spiro atoms. The van der Waals surface area contributed by atoms with Crippen LogP contribution in [-0.4, -0.2) is 12.5 Å². The Hall–Kier alpha value is -3.77. The summed E-state index contributed by atoms with van der Waals surface area (Å²) in [7, 11) is 0. The Kier molecular flexibility index (Phi) is 10.9. The molecule has 0 aliphatic rings. The molecule has 0 atom stereocenters. The zero-order chi connectivity index (χ0) is 29.2. The number of nitriles is 1. The lowest BCUT2D eigenvalue weighted by atomic mass is 10.1. The molecule has 1 N–H and O–H groups in total. The molecule has 4 rings (SSSR count). The molecule has 41 heavy (non-hydrogen) atoms. The Labute approximate surface area is 260 Å². The minimum atomic E-state index is -0.561. The lowest BCUT2D eigenvalue weighted by Crippen LogP contribution is -2.13. The summed E-state index contributed by atoms with van der Waals surface area (Å²) < 4.78 is 19.2. The smallest absolute Gasteiger partial charge is 0.266 e. The van der Waals surface area contributed by atoms with Crippen LogP contribution >= 0.6 is 43.5 Å². The predicted octanol–water partition coefficient (Wildman–Crippen LogP) is 8.97. The molecule has 0 saturated carbocycles. The first-order valence-corrected chi connectivity index (χ1v) is 14.6. The fourth-order valence-electron chi connectivity index (χ4n) is 3.79. The van der Waals surface area contributed by atoms with Crippen molar-refractivity contribution >= 4 is 61.1 Å². The van der Waals surface area contributed by atoms with Gasteiger partial charge in [0.1, 0.15) is 30.6 Å². The maximum absolute atomic E-state index is 12.7. The van der Waals surface area contributed by atoms with Gasteiger partial charge in [-0.25, -0.2) is 0 Å². The van der Waals surface area contributed by atoms with E-state index < -0.39 is 5.91 Å². The van der Waals surface area contributed by atoms with Crippen molar-refractivity contribution in [2.24, 2.45) is 0 Å². The Morgan fingerprint density at radius 3 is 2.24 bits per heavy atom. The second kappa shape index (κ2) is 14.7. The number of anilines is 1. The molecule has 208 valence electrons. The van der Waals surface area contributed by atoms with Crippen LogP contribution in [0.2, 0.25) is 5.02 Å². The Morgan fingerprint density at radius 1 is 0.878 bits per heavy atom. The number of para-hydroxylation sites is 1. The number of carbonyl (C=O) groups excluding carboxylic acids is 1. The lowest BCUT2D eigenvalue weighted by Gasteiger charge is -2.15. The normalized spacial score (nSPS) is 11.0.